The smallest absolute Gasteiger partial charge is 0.374 e. The van der Waals surface area contributed by atoms with Crippen LogP contribution >= 0.6 is 0 Å². The first-order chi connectivity index (χ1) is 12.3. The maximum atomic E-state index is 12.9. The van der Waals surface area contributed by atoms with Crippen molar-refractivity contribution in [1.29, 1.82) is 0 Å². The molecule has 0 aliphatic heterocycles. The van der Waals surface area contributed by atoms with Gasteiger partial charge in [-0.3, -0.25) is 4.79 Å². The molecule has 0 radical (unpaired) electrons. The molecule has 1 aromatic rings. The average molecular weight is 398 g/mol. The van der Waals surface area contributed by atoms with E-state index in [1.54, 1.807) is 0 Å². The molecule has 1 aliphatic carbocycles. The molecular weight excluding hydrogens is 378 g/mol. The summed E-state index contributed by atoms with van der Waals surface area (Å²) in [4.78, 5) is 11.6. The van der Waals surface area contributed by atoms with Gasteiger partial charge >= 0.3 is 12.4 Å². The predicted octanol–water partition coefficient (Wildman–Crippen LogP) is 3.66. The maximum Gasteiger partial charge on any atom is 0.416 e. The molecule has 1 unspecified atom stereocenters. The number of benzene rings is 1. The second-order valence-corrected chi connectivity index (χ2v) is 6.82. The summed E-state index contributed by atoms with van der Waals surface area (Å²) in [5.74, 6) is -0.415. The molecule has 0 bridgehead atoms. The predicted molar refractivity (Wildman–Crippen MR) is 84.5 cm³/mol. The van der Waals surface area contributed by atoms with Crippen LogP contribution in [-0.4, -0.2) is 25.1 Å². The third-order valence-electron chi connectivity index (χ3n) is 4.65. The van der Waals surface area contributed by atoms with Crippen molar-refractivity contribution in [2.45, 2.75) is 43.8 Å². The molecule has 1 fully saturated rings. The number of likely N-dealkylation sites (N-methyl/N-ethyl adjacent to an activating group) is 1. The first kappa shape index (κ1) is 21.5. The molecule has 0 aromatic heterocycles. The molecule has 0 heterocycles. The van der Waals surface area contributed by atoms with Gasteiger partial charge in [0.15, 0.2) is 0 Å². The topological polar surface area (TPSA) is 64.4 Å². The lowest BCUT2D eigenvalue weighted by Gasteiger charge is -2.43. The van der Waals surface area contributed by atoms with Crippen molar-refractivity contribution in [2.24, 2.45) is 11.7 Å². The van der Waals surface area contributed by atoms with Crippen molar-refractivity contribution < 1.29 is 35.9 Å². The number of hydrogen-bond donors (Lipinski definition) is 2. The third kappa shape index (κ3) is 4.92. The molecule has 1 aliphatic rings. The summed E-state index contributed by atoms with van der Waals surface area (Å²) < 4.78 is 82.9. The number of carbonyl (C=O) groups is 1. The van der Waals surface area contributed by atoms with E-state index in [-0.39, 0.29) is 30.1 Å². The lowest BCUT2D eigenvalue weighted by atomic mass is 9.68. The van der Waals surface area contributed by atoms with Crippen LogP contribution in [0.3, 0.4) is 0 Å². The van der Waals surface area contributed by atoms with Crippen molar-refractivity contribution in [1.82, 2.24) is 5.32 Å². The van der Waals surface area contributed by atoms with Crippen LogP contribution in [0, 0.1) is 5.92 Å². The molecule has 1 aromatic carbocycles. The average Bonchev–Trinajstić information content (AvgIpc) is 2.54. The SMILES string of the molecule is CNC(=O)C1(N)CC(COC(C)c2cc(C(F)(F)F)cc(C(F)(F)F)c2)C1. The Morgan fingerprint density at radius 1 is 1.19 bits per heavy atom. The number of halogens is 6. The van der Waals surface area contributed by atoms with E-state index in [9.17, 15) is 31.1 Å². The van der Waals surface area contributed by atoms with Crippen molar-refractivity contribution in [3.63, 3.8) is 0 Å². The van der Waals surface area contributed by atoms with Gasteiger partial charge in [-0.1, -0.05) is 0 Å². The van der Waals surface area contributed by atoms with Gasteiger partial charge in [-0.15, -0.1) is 0 Å². The highest BCUT2D eigenvalue weighted by Crippen LogP contribution is 2.39. The number of rotatable bonds is 5. The van der Waals surface area contributed by atoms with Crippen LogP contribution in [0.4, 0.5) is 26.3 Å². The summed E-state index contributed by atoms with van der Waals surface area (Å²) in [6.45, 7) is 1.46. The van der Waals surface area contributed by atoms with Crippen molar-refractivity contribution >= 4 is 5.91 Å². The molecule has 0 saturated heterocycles. The molecule has 1 saturated carbocycles. The Balaban J connectivity index is 2.08. The van der Waals surface area contributed by atoms with E-state index in [4.69, 9.17) is 10.5 Å². The Kier molecular flexibility index (Phi) is 5.82. The second-order valence-electron chi connectivity index (χ2n) is 6.82. The Labute approximate surface area is 152 Å². The summed E-state index contributed by atoms with van der Waals surface area (Å²) >= 11 is 0. The zero-order chi connectivity index (χ0) is 20.6. The van der Waals surface area contributed by atoms with Crippen LogP contribution in [-0.2, 0) is 21.9 Å². The lowest BCUT2D eigenvalue weighted by Crippen LogP contribution is -2.62. The van der Waals surface area contributed by atoms with Gasteiger partial charge in [0.2, 0.25) is 5.91 Å². The van der Waals surface area contributed by atoms with Crippen LogP contribution in [0.1, 0.15) is 42.6 Å². The molecule has 152 valence electrons. The molecule has 0 spiro atoms. The fraction of sp³-hybridized carbons (Fsp3) is 0.588. The molecule has 27 heavy (non-hydrogen) atoms. The molecule has 1 amide bonds. The highest BCUT2D eigenvalue weighted by molar-refractivity contribution is 5.86. The maximum absolute atomic E-state index is 12.9. The zero-order valence-electron chi connectivity index (χ0n) is 14.7. The van der Waals surface area contributed by atoms with Gasteiger partial charge in [0, 0.05) is 7.05 Å². The third-order valence-corrected chi connectivity index (χ3v) is 4.65. The molecule has 3 N–H and O–H groups in total. The molecule has 10 heteroatoms. The minimum atomic E-state index is -4.91. The summed E-state index contributed by atoms with van der Waals surface area (Å²) in [6, 6.07) is 1.38. The normalized spacial score (nSPS) is 24.3. The number of hydrogen-bond acceptors (Lipinski definition) is 3. The van der Waals surface area contributed by atoms with E-state index in [1.165, 1.54) is 14.0 Å². The van der Waals surface area contributed by atoms with Gasteiger partial charge in [-0.2, -0.15) is 26.3 Å². The fourth-order valence-electron chi connectivity index (χ4n) is 3.11. The Morgan fingerprint density at radius 2 is 1.67 bits per heavy atom. The quantitative estimate of drug-likeness (QED) is 0.745. The summed E-state index contributed by atoms with van der Waals surface area (Å²) in [6.07, 6.45) is -10.1. The summed E-state index contributed by atoms with van der Waals surface area (Å²) in [5.41, 5.74) is 1.89. The standard InChI is InChI=1S/C17H20F6N2O2/c1-9(27-8-10-6-15(24,7-10)14(26)25-2)11-3-12(16(18,19)20)5-13(4-11)17(21,22)23/h3-5,9-10H,6-8,24H2,1-2H3,(H,25,26). The Morgan fingerprint density at radius 3 is 2.07 bits per heavy atom. The van der Waals surface area contributed by atoms with Crippen LogP contribution in [0.25, 0.3) is 0 Å². The Hall–Kier alpha value is -1.81. The van der Waals surface area contributed by atoms with E-state index < -0.39 is 35.1 Å². The van der Waals surface area contributed by atoms with Gasteiger partial charge in [-0.05, 0) is 49.4 Å². The van der Waals surface area contributed by atoms with Crippen LogP contribution in [0.2, 0.25) is 0 Å². The first-order valence-electron chi connectivity index (χ1n) is 8.18. The van der Waals surface area contributed by atoms with E-state index in [2.05, 4.69) is 5.32 Å². The van der Waals surface area contributed by atoms with Crippen LogP contribution < -0.4 is 11.1 Å². The highest BCUT2D eigenvalue weighted by Gasteiger charge is 2.46. The molecule has 1 atom stereocenters. The van der Waals surface area contributed by atoms with E-state index in [0.717, 1.165) is 0 Å². The number of nitrogens with two attached hydrogens (primary N) is 1. The number of amides is 1. The van der Waals surface area contributed by atoms with Gasteiger partial charge in [0.25, 0.3) is 0 Å². The molecular formula is C17H20F6N2O2. The van der Waals surface area contributed by atoms with Crippen LogP contribution in [0.5, 0.6) is 0 Å². The van der Waals surface area contributed by atoms with Crippen molar-refractivity contribution in [3.8, 4) is 0 Å². The monoisotopic (exact) mass is 398 g/mol. The van der Waals surface area contributed by atoms with Gasteiger partial charge in [-0.25, -0.2) is 0 Å². The largest absolute Gasteiger partial charge is 0.416 e. The minimum absolute atomic E-state index is 0.0777. The fourth-order valence-corrected chi connectivity index (χ4v) is 3.11. The summed E-state index contributed by atoms with van der Waals surface area (Å²) in [5, 5.41) is 2.44. The van der Waals surface area contributed by atoms with E-state index in [0.29, 0.717) is 25.0 Å². The van der Waals surface area contributed by atoms with Crippen LogP contribution in [0.15, 0.2) is 18.2 Å². The lowest BCUT2D eigenvalue weighted by molar-refractivity contribution is -0.143. The number of carbonyl (C=O) groups excluding carboxylic acids is 1. The van der Waals surface area contributed by atoms with E-state index in [1.807, 2.05) is 0 Å². The van der Waals surface area contributed by atoms with Crippen molar-refractivity contribution in [3.05, 3.63) is 34.9 Å². The van der Waals surface area contributed by atoms with Gasteiger partial charge < -0.3 is 15.8 Å². The van der Waals surface area contributed by atoms with Crippen molar-refractivity contribution in [2.75, 3.05) is 13.7 Å². The second kappa shape index (κ2) is 7.31. The van der Waals surface area contributed by atoms with Gasteiger partial charge in [0.1, 0.15) is 0 Å². The van der Waals surface area contributed by atoms with Gasteiger partial charge in [0.05, 0.1) is 29.4 Å². The van der Waals surface area contributed by atoms with E-state index >= 15 is 0 Å². The number of alkyl halides is 6. The first-order valence-corrected chi connectivity index (χ1v) is 8.18. The minimum Gasteiger partial charge on any atom is -0.374 e. The number of ether oxygens (including phenoxy) is 1. The zero-order valence-corrected chi connectivity index (χ0v) is 14.7. The Bertz CT molecular complexity index is 663. The molecule has 2 rings (SSSR count). The number of nitrogens with one attached hydrogen (secondary N) is 1. The molecule has 4 nitrogen and oxygen atoms in total. The highest BCUT2D eigenvalue weighted by atomic mass is 19.4. The summed E-state index contributed by atoms with van der Waals surface area (Å²) in [7, 11) is 1.45.